The quantitative estimate of drug-likeness (QED) is 0.828. The number of likely N-dealkylation sites (tertiary alicyclic amines) is 1. The summed E-state index contributed by atoms with van der Waals surface area (Å²) >= 11 is 5.98. The lowest BCUT2D eigenvalue weighted by Gasteiger charge is -2.23. The molecule has 0 spiro atoms. The first-order valence-electron chi connectivity index (χ1n) is 9.02. The van der Waals surface area contributed by atoms with E-state index in [1.165, 1.54) is 12.8 Å². The molecule has 1 aromatic carbocycles. The number of aliphatic hydroxyl groups is 1. The van der Waals surface area contributed by atoms with Gasteiger partial charge in [0.2, 0.25) is 5.91 Å². The average molecular weight is 349 g/mol. The molecule has 2 N–H and O–H groups in total. The molecule has 0 bridgehead atoms. The fourth-order valence-electron chi connectivity index (χ4n) is 4.24. The van der Waals surface area contributed by atoms with Crippen LogP contribution in [-0.4, -0.2) is 48.2 Å². The highest BCUT2D eigenvalue weighted by Gasteiger charge is 2.53. The smallest absolute Gasteiger partial charge is 0.230 e. The minimum absolute atomic E-state index is 0.173. The molecule has 0 unspecified atom stereocenters. The molecule has 4 rings (SSSR count). The molecule has 2 aliphatic carbocycles. The van der Waals surface area contributed by atoms with Crippen LogP contribution in [0.25, 0.3) is 0 Å². The number of halogens is 1. The van der Waals surface area contributed by atoms with Crippen LogP contribution in [-0.2, 0) is 10.2 Å². The van der Waals surface area contributed by atoms with Crippen LogP contribution < -0.4 is 5.32 Å². The Morgan fingerprint density at radius 3 is 2.54 bits per heavy atom. The largest absolute Gasteiger partial charge is 0.395 e. The van der Waals surface area contributed by atoms with Crippen LogP contribution in [0.5, 0.6) is 0 Å². The van der Waals surface area contributed by atoms with Crippen LogP contribution in [0.4, 0.5) is 0 Å². The van der Waals surface area contributed by atoms with Gasteiger partial charge in [0.15, 0.2) is 0 Å². The van der Waals surface area contributed by atoms with E-state index >= 15 is 0 Å². The van der Waals surface area contributed by atoms with Crippen LogP contribution in [0.15, 0.2) is 24.3 Å². The van der Waals surface area contributed by atoms with Gasteiger partial charge in [-0.15, -0.1) is 0 Å². The van der Waals surface area contributed by atoms with Crippen molar-refractivity contribution in [1.82, 2.24) is 10.2 Å². The van der Waals surface area contributed by atoms with Crippen molar-refractivity contribution < 1.29 is 9.90 Å². The van der Waals surface area contributed by atoms with Gasteiger partial charge >= 0.3 is 0 Å². The summed E-state index contributed by atoms with van der Waals surface area (Å²) in [6.45, 7) is 2.76. The molecule has 5 heteroatoms. The standard InChI is InChI=1S/C19H25ClN2O2/c20-15-5-3-14(4-6-15)19(7-8-19)18(24)21-17-12-22(9-10-23)11-16(17)13-1-2-13/h3-6,13,16-17,23H,1-2,7-12H2,(H,21,24)/t16-,17+/m1/s1. The van der Waals surface area contributed by atoms with Crippen molar-refractivity contribution in [2.45, 2.75) is 37.1 Å². The van der Waals surface area contributed by atoms with Crippen molar-refractivity contribution in [2.75, 3.05) is 26.2 Å². The molecule has 2 atom stereocenters. The van der Waals surface area contributed by atoms with Gasteiger partial charge in [-0.1, -0.05) is 23.7 Å². The number of amides is 1. The van der Waals surface area contributed by atoms with Crippen molar-refractivity contribution in [2.24, 2.45) is 11.8 Å². The van der Waals surface area contributed by atoms with Crippen LogP contribution >= 0.6 is 11.6 Å². The maximum absolute atomic E-state index is 13.0. The number of carbonyl (C=O) groups is 1. The number of nitrogens with one attached hydrogen (secondary N) is 1. The Morgan fingerprint density at radius 1 is 1.25 bits per heavy atom. The summed E-state index contributed by atoms with van der Waals surface area (Å²) < 4.78 is 0. The SMILES string of the molecule is O=C(N[C@H]1CN(CCO)C[C@@H]1C1CC1)C1(c2ccc(Cl)cc2)CC1. The molecule has 2 saturated carbocycles. The summed E-state index contributed by atoms with van der Waals surface area (Å²) in [7, 11) is 0. The Morgan fingerprint density at radius 2 is 1.96 bits per heavy atom. The van der Waals surface area contributed by atoms with Gasteiger partial charge in [-0.3, -0.25) is 9.69 Å². The lowest BCUT2D eigenvalue weighted by atomic mass is 9.92. The molecular formula is C19H25ClN2O2. The maximum atomic E-state index is 13.0. The van der Waals surface area contributed by atoms with Gasteiger partial charge in [0, 0.05) is 30.7 Å². The van der Waals surface area contributed by atoms with E-state index in [-0.39, 0.29) is 24.0 Å². The van der Waals surface area contributed by atoms with E-state index in [1.807, 2.05) is 24.3 Å². The number of hydrogen-bond donors (Lipinski definition) is 2. The third kappa shape index (κ3) is 3.07. The third-order valence-corrected chi connectivity index (χ3v) is 6.23. The zero-order valence-electron chi connectivity index (χ0n) is 13.9. The van der Waals surface area contributed by atoms with Crippen molar-refractivity contribution in [3.05, 3.63) is 34.9 Å². The number of benzene rings is 1. The minimum Gasteiger partial charge on any atom is -0.395 e. The molecule has 130 valence electrons. The van der Waals surface area contributed by atoms with Crippen LogP contribution in [0.1, 0.15) is 31.2 Å². The number of β-amino-alcohol motifs (C(OH)–C–C–N with tert-alkyl or cyclic N) is 1. The Kier molecular flexibility index (Phi) is 4.31. The van der Waals surface area contributed by atoms with Crippen LogP contribution in [0.3, 0.4) is 0 Å². The van der Waals surface area contributed by atoms with E-state index in [9.17, 15) is 9.90 Å². The van der Waals surface area contributed by atoms with Crippen molar-refractivity contribution >= 4 is 17.5 Å². The first-order valence-corrected chi connectivity index (χ1v) is 9.40. The summed E-state index contributed by atoms with van der Waals surface area (Å²) in [5.74, 6) is 1.47. The zero-order chi connectivity index (χ0) is 16.7. The van der Waals surface area contributed by atoms with Crippen LogP contribution in [0.2, 0.25) is 5.02 Å². The predicted molar refractivity (Wildman–Crippen MR) is 94.0 cm³/mol. The van der Waals surface area contributed by atoms with Gasteiger partial charge in [-0.05, 0) is 55.2 Å². The summed E-state index contributed by atoms with van der Waals surface area (Å²) in [6.07, 6.45) is 4.40. The van der Waals surface area contributed by atoms with E-state index in [2.05, 4.69) is 10.2 Å². The minimum atomic E-state index is -0.344. The Hall–Kier alpha value is -1.10. The van der Waals surface area contributed by atoms with E-state index in [4.69, 9.17) is 11.6 Å². The fourth-order valence-corrected chi connectivity index (χ4v) is 4.37. The molecule has 1 aromatic rings. The van der Waals surface area contributed by atoms with Crippen molar-refractivity contribution in [3.63, 3.8) is 0 Å². The number of carbonyl (C=O) groups excluding carboxylic acids is 1. The Balaban J connectivity index is 1.46. The van der Waals surface area contributed by atoms with Crippen LogP contribution in [0, 0.1) is 11.8 Å². The second-order valence-electron chi connectivity index (χ2n) is 7.65. The summed E-state index contributed by atoms with van der Waals surface area (Å²) in [5.41, 5.74) is 0.737. The molecule has 4 nitrogen and oxygen atoms in total. The fraction of sp³-hybridized carbons (Fsp3) is 0.632. The zero-order valence-corrected chi connectivity index (χ0v) is 14.6. The highest BCUT2D eigenvalue weighted by molar-refractivity contribution is 6.30. The van der Waals surface area contributed by atoms with Gasteiger partial charge in [-0.2, -0.15) is 0 Å². The van der Waals surface area contributed by atoms with Gasteiger partial charge < -0.3 is 10.4 Å². The lowest BCUT2D eigenvalue weighted by Crippen LogP contribution is -2.46. The second-order valence-corrected chi connectivity index (χ2v) is 8.09. The monoisotopic (exact) mass is 348 g/mol. The Bertz CT molecular complexity index is 610. The number of hydrogen-bond acceptors (Lipinski definition) is 3. The van der Waals surface area contributed by atoms with Gasteiger partial charge in [-0.25, -0.2) is 0 Å². The van der Waals surface area contributed by atoms with E-state index in [0.29, 0.717) is 17.5 Å². The topological polar surface area (TPSA) is 52.6 Å². The summed E-state index contributed by atoms with van der Waals surface area (Å²) in [4.78, 5) is 15.3. The molecule has 3 fully saturated rings. The summed E-state index contributed by atoms with van der Waals surface area (Å²) in [5, 5.41) is 13.3. The lowest BCUT2D eigenvalue weighted by molar-refractivity contribution is -0.124. The van der Waals surface area contributed by atoms with E-state index < -0.39 is 0 Å². The van der Waals surface area contributed by atoms with Gasteiger partial charge in [0.1, 0.15) is 0 Å². The number of nitrogens with zero attached hydrogens (tertiary/aromatic N) is 1. The molecule has 1 heterocycles. The second kappa shape index (κ2) is 6.32. The molecular weight excluding hydrogens is 324 g/mol. The first-order chi connectivity index (χ1) is 11.6. The Labute approximate surface area is 148 Å². The average Bonchev–Trinajstić information content (AvgIpc) is 3.48. The molecule has 0 radical (unpaired) electrons. The predicted octanol–water partition coefficient (Wildman–Crippen LogP) is 2.19. The maximum Gasteiger partial charge on any atom is 0.230 e. The number of aliphatic hydroxyl groups excluding tert-OH is 1. The molecule has 0 aromatic heterocycles. The summed E-state index contributed by atoms with van der Waals surface area (Å²) in [6, 6.07) is 7.94. The molecule has 1 amide bonds. The van der Waals surface area contributed by atoms with E-state index in [1.54, 1.807) is 0 Å². The molecule has 3 aliphatic rings. The van der Waals surface area contributed by atoms with Crippen molar-refractivity contribution in [3.8, 4) is 0 Å². The van der Waals surface area contributed by atoms with Crippen molar-refractivity contribution in [1.29, 1.82) is 0 Å². The van der Waals surface area contributed by atoms with Gasteiger partial charge in [0.05, 0.1) is 12.0 Å². The molecule has 1 saturated heterocycles. The normalized spacial score (nSPS) is 28.8. The highest BCUT2D eigenvalue weighted by atomic mass is 35.5. The number of rotatable bonds is 6. The first kappa shape index (κ1) is 16.4. The molecule has 24 heavy (non-hydrogen) atoms. The molecule has 1 aliphatic heterocycles. The third-order valence-electron chi connectivity index (χ3n) is 5.98. The van der Waals surface area contributed by atoms with Gasteiger partial charge in [0.25, 0.3) is 0 Å². The highest BCUT2D eigenvalue weighted by Crippen LogP contribution is 2.49. The van der Waals surface area contributed by atoms with E-state index in [0.717, 1.165) is 37.4 Å².